The summed E-state index contributed by atoms with van der Waals surface area (Å²) in [7, 11) is 0. The van der Waals surface area contributed by atoms with Gasteiger partial charge >= 0.3 is 0 Å². The molecule has 1 aromatic carbocycles. The third kappa shape index (κ3) is 3.00. The zero-order chi connectivity index (χ0) is 14.9. The quantitative estimate of drug-likeness (QED) is 0.658. The molecule has 108 valence electrons. The van der Waals surface area contributed by atoms with Crippen LogP contribution in [0.3, 0.4) is 0 Å². The Balaban J connectivity index is 2.06. The van der Waals surface area contributed by atoms with Gasteiger partial charge in [0.2, 0.25) is 0 Å². The van der Waals surface area contributed by atoms with Gasteiger partial charge in [0.1, 0.15) is 0 Å². The number of amides is 1. The van der Waals surface area contributed by atoms with Gasteiger partial charge in [-0.2, -0.15) is 0 Å². The van der Waals surface area contributed by atoms with Crippen LogP contribution < -0.4 is 5.32 Å². The van der Waals surface area contributed by atoms with Crippen LogP contribution in [-0.2, 0) is 0 Å². The van der Waals surface area contributed by atoms with Gasteiger partial charge in [0.15, 0.2) is 0 Å². The molecule has 0 atom stereocenters. The summed E-state index contributed by atoms with van der Waals surface area (Å²) in [4.78, 5) is 22.4. The van der Waals surface area contributed by atoms with Crippen LogP contribution in [0.5, 0.6) is 0 Å². The van der Waals surface area contributed by atoms with Crippen LogP contribution in [-0.4, -0.2) is 17.4 Å². The lowest BCUT2D eigenvalue weighted by molar-refractivity contribution is -0.385. The predicted octanol–water partition coefficient (Wildman–Crippen LogP) is 3.52. The number of hydrogen-bond acceptors (Lipinski definition) is 3. The lowest BCUT2D eigenvalue weighted by Crippen LogP contribution is -2.32. The second-order valence-electron chi connectivity index (χ2n) is 5.62. The van der Waals surface area contributed by atoms with Crippen LogP contribution in [0.15, 0.2) is 22.7 Å². The Hall–Kier alpha value is -1.43. The molecule has 5 nitrogen and oxygen atoms in total. The molecule has 1 aliphatic rings. The van der Waals surface area contributed by atoms with Crippen molar-refractivity contribution in [1.82, 2.24) is 5.32 Å². The second-order valence-corrected chi connectivity index (χ2v) is 6.48. The van der Waals surface area contributed by atoms with Crippen molar-refractivity contribution >= 4 is 27.5 Å². The monoisotopic (exact) mass is 340 g/mol. The maximum atomic E-state index is 12.1. The van der Waals surface area contributed by atoms with E-state index < -0.39 is 4.92 Å². The molecule has 1 N–H and O–H groups in total. The van der Waals surface area contributed by atoms with E-state index in [1.807, 2.05) is 0 Å². The number of carbonyl (C=O) groups excluding carboxylic acids is 1. The average Bonchev–Trinajstić information content (AvgIpc) is 3.17. The number of hydrogen-bond donors (Lipinski definition) is 1. The van der Waals surface area contributed by atoms with Crippen molar-refractivity contribution in [2.75, 3.05) is 6.54 Å². The fourth-order valence-corrected chi connectivity index (χ4v) is 2.66. The van der Waals surface area contributed by atoms with Gasteiger partial charge in [-0.15, -0.1) is 0 Å². The van der Waals surface area contributed by atoms with Crippen LogP contribution in [0.1, 0.15) is 37.0 Å². The van der Waals surface area contributed by atoms with E-state index in [9.17, 15) is 14.9 Å². The van der Waals surface area contributed by atoms with Crippen molar-refractivity contribution in [3.63, 3.8) is 0 Å². The Morgan fingerprint density at radius 2 is 2.15 bits per heavy atom. The van der Waals surface area contributed by atoms with Gasteiger partial charge in [-0.1, -0.05) is 13.8 Å². The maximum Gasteiger partial charge on any atom is 0.284 e. The lowest BCUT2D eigenvalue weighted by Gasteiger charge is -2.19. The topological polar surface area (TPSA) is 72.2 Å². The highest BCUT2D eigenvalue weighted by atomic mass is 79.9. The standard InChI is InChI=1S/C14H17BrN2O3/c1-9(2)14(5-6-14)8-16-13(18)10-3-4-11(15)12(7-10)17(19)20/h3-4,7,9H,5-6,8H2,1-2H3,(H,16,18). The summed E-state index contributed by atoms with van der Waals surface area (Å²) in [5, 5.41) is 13.7. The number of benzene rings is 1. The minimum absolute atomic E-state index is 0.0948. The first kappa shape index (κ1) is 15.0. The van der Waals surface area contributed by atoms with E-state index in [0.29, 0.717) is 22.5 Å². The average molecular weight is 341 g/mol. The first-order chi connectivity index (χ1) is 9.35. The fraction of sp³-hybridized carbons (Fsp3) is 0.500. The molecule has 0 heterocycles. The van der Waals surface area contributed by atoms with Gasteiger partial charge < -0.3 is 5.32 Å². The van der Waals surface area contributed by atoms with E-state index in [2.05, 4.69) is 35.1 Å². The molecule has 2 rings (SSSR count). The van der Waals surface area contributed by atoms with Crippen molar-refractivity contribution in [1.29, 1.82) is 0 Å². The molecule has 0 radical (unpaired) electrons. The molecule has 1 aliphatic carbocycles. The Kier molecular flexibility index (Phi) is 4.13. The molecule has 1 amide bonds. The number of nitro benzene ring substituents is 1. The molecule has 0 unspecified atom stereocenters. The largest absolute Gasteiger partial charge is 0.351 e. The van der Waals surface area contributed by atoms with Crippen LogP contribution >= 0.6 is 15.9 Å². The second kappa shape index (κ2) is 5.52. The third-order valence-corrected chi connectivity index (χ3v) is 4.79. The van der Waals surface area contributed by atoms with Gasteiger partial charge in [-0.3, -0.25) is 14.9 Å². The SMILES string of the molecule is CC(C)C1(CNC(=O)c2ccc(Br)c([N+](=O)[O-])c2)CC1. The molecule has 6 heteroatoms. The Labute approximate surface area is 126 Å². The van der Waals surface area contributed by atoms with Crippen molar-refractivity contribution in [3.8, 4) is 0 Å². The van der Waals surface area contributed by atoms with E-state index in [-0.39, 0.29) is 17.0 Å². The van der Waals surface area contributed by atoms with Gasteiger partial charge in [0, 0.05) is 18.2 Å². The Morgan fingerprint density at radius 1 is 1.50 bits per heavy atom. The normalized spacial score (nSPS) is 16.0. The minimum Gasteiger partial charge on any atom is -0.351 e. The van der Waals surface area contributed by atoms with E-state index in [1.165, 1.54) is 12.1 Å². The summed E-state index contributed by atoms with van der Waals surface area (Å²) in [5.74, 6) is 0.273. The number of nitrogens with zero attached hydrogens (tertiary/aromatic N) is 1. The first-order valence-electron chi connectivity index (χ1n) is 6.58. The highest BCUT2D eigenvalue weighted by Gasteiger charge is 2.45. The molecule has 20 heavy (non-hydrogen) atoms. The zero-order valence-electron chi connectivity index (χ0n) is 11.5. The molecule has 0 aromatic heterocycles. The van der Waals surface area contributed by atoms with Crippen molar-refractivity contribution in [2.24, 2.45) is 11.3 Å². The van der Waals surface area contributed by atoms with E-state index in [0.717, 1.165) is 12.8 Å². The summed E-state index contributed by atoms with van der Waals surface area (Å²) in [5.41, 5.74) is 0.443. The van der Waals surface area contributed by atoms with Crippen molar-refractivity contribution in [3.05, 3.63) is 38.3 Å². The zero-order valence-corrected chi connectivity index (χ0v) is 13.1. The van der Waals surface area contributed by atoms with Crippen LogP contribution in [0, 0.1) is 21.4 Å². The first-order valence-corrected chi connectivity index (χ1v) is 7.37. The predicted molar refractivity (Wildman–Crippen MR) is 79.6 cm³/mol. The summed E-state index contributed by atoms with van der Waals surface area (Å²) in [6.07, 6.45) is 2.26. The number of carbonyl (C=O) groups is 1. The van der Waals surface area contributed by atoms with Crippen LogP contribution in [0.25, 0.3) is 0 Å². The van der Waals surface area contributed by atoms with Crippen molar-refractivity contribution in [2.45, 2.75) is 26.7 Å². The van der Waals surface area contributed by atoms with Gasteiger partial charge in [-0.05, 0) is 52.2 Å². The summed E-state index contributed by atoms with van der Waals surface area (Å²) >= 11 is 3.11. The molecule has 0 spiro atoms. The molecule has 1 aromatic rings. The fourth-order valence-electron chi connectivity index (χ4n) is 2.27. The molecule has 0 bridgehead atoms. The Bertz CT molecular complexity index is 553. The molecular formula is C14H17BrN2O3. The van der Waals surface area contributed by atoms with Gasteiger partial charge in [0.25, 0.3) is 11.6 Å². The van der Waals surface area contributed by atoms with Crippen LogP contribution in [0.4, 0.5) is 5.69 Å². The number of rotatable bonds is 5. The molecule has 1 saturated carbocycles. The summed E-state index contributed by atoms with van der Waals surface area (Å²) < 4.78 is 0.375. The van der Waals surface area contributed by atoms with E-state index >= 15 is 0 Å². The number of nitro groups is 1. The van der Waals surface area contributed by atoms with Crippen LogP contribution in [0.2, 0.25) is 0 Å². The van der Waals surface area contributed by atoms with Gasteiger partial charge in [-0.25, -0.2) is 0 Å². The Morgan fingerprint density at radius 3 is 2.65 bits per heavy atom. The van der Waals surface area contributed by atoms with E-state index in [1.54, 1.807) is 6.07 Å². The third-order valence-electron chi connectivity index (χ3n) is 4.12. The maximum absolute atomic E-state index is 12.1. The number of nitrogens with one attached hydrogen (secondary N) is 1. The number of halogens is 1. The van der Waals surface area contributed by atoms with Gasteiger partial charge in [0.05, 0.1) is 9.40 Å². The molecule has 0 aliphatic heterocycles. The molecule has 1 fully saturated rings. The molecular weight excluding hydrogens is 324 g/mol. The van der Waals surface area contributed by atoms with E-state index in [4.69, 9.17) is 0 Å². The smallest absolute Gasteiger partial charge is 0.284 e. The highest BCUT2D eigenvalue weighted by Crippen LogP contribution is 2.51. The summed E-state index contributed by atoms with van der Waals surface area (Å²) in [6, 6.07) is 4.41. The lowest BCUT2D eigenvalue weighted by atomic mass is 9.92. The molecule has 0 saturated heterocycles. The summed E-state index contributed by atoms with van der Waals surface area (Å²) in [6.45, 7) is 4.95. The minimum atomic E-state index is -0.503. The van der Waals surface area contributed by atoms with Crippen molar-refractivity contribution < 1.29 is 9.72 Å². The highest BCUT2D eigenvalue weighted by molar-refractivity contribution is 9.10.